The minimum absolute atomic E-state index is 0.203. The van der Waals surface area contributed by atoms with E-state index in [1.54, 1.807) is 18.2 Å². The standard InChI is InChI=1S/C17H16Cl2FN3/c1-17(2,10-6-7-11(18)12(19)8-10)9-21-16-22-14-5-3-4-13(20)15(14)23-16/h3-8H,9H2,1-2H3,(H2,21,22,23). The van der Waals surface area contributed by atoms with Gasteiger partial charge in [-0.25, -0.2) is 9.37 Å². The predicted molar refractivity (Wildman–Crippen MR) is 94.0 cm³/mol. The highest BCUT2D eigenvalue weighted by atomic mass is 35.5. The lowest BCUT2D eigenvalue weighted by molar-refractivity contribution is 0.555. The lowest BCUT2D eigenvalue weighted by Gasteiger charge is -2.26. The molecule has 2 aromatic carbocycles. The van der Waals surface area contributed by atoms with Gasteiger partial charge in [0.2, 0.25) is 5.95 Å². The van der Waals surface area contributed by atoms with Crippen molar-refractivity contribution in [3.05, 3.63) is 57.8 Å². The molecular formula is C17H16Cl2FN3. The third kappa shape index (κ3) is 3.28. The molecule has 3 nitrogen and oxygen atoms in total. The summed E-state index contributed by atoms with van der Waals surface area (Å²) in [5.41, 5.74) is 1.86. The molecule has 0 fully saturated rings. The van der Waals surface area contributed by atoms with Crippen molar-refractivity contribution in [2.24, 2.45) is 0 Å². The van der Waals surface area contributed by atoms with Crippen LogP contribution < -0.4 is 5.32 Å². The largest absolute Gasteiger partial charge is 0.355 e. The molecule has 2 N–H and O–H groups in total. The molecule has 1 heterocycles. The van der Waals surface area contributed by atoms with Gasteiger partial charge in [0, 0.05) is 12.0 Å². The monoisotopic (exact) mass is 351 g/mol. The molecule has 0 aliphatic rings. The second-order valence-electron chi connectivity index (χ2n) is 6.09. The number of benzene rings is 2. The van der Waals surface area contributed by atoms with Crippen LogP contribution in [-0.4, -0.2) is 16.5 Å². The number of fused-ring (bicyclic) bond motifs is 1. The molecule has 6 heteroatoms. The number of rotatable bonds is 4. The number of nitrogens with zero attached hydrogens (tertiary/aromatic N) is 1. The summed E-state index contributed by atoms with van der Waals surface area (Å²) in [6.45, 7) is 4.78. The van der Waals surface area contributed by atoms with Crippen molar-refractivity contribution in [3.8, 4) is 0 Å². The maximum Gasteiger partial charge on any atom is 0.201 e. The summed E-state index contributed by atoms with van der Waals surface area (Å²) in [5.74, 6) is 0.203. The average molecular weight is 352 g/mol. The molecule has 23 heavy (non-hydrogen) atoms. The van der Waals surface area contributed by atoms with Crippen molar-refractivity contribution in [1.29, 1.82) is 0 Å². The Kier molecular flexibility index (Phi) is 4.21. The Morgan fingerprint density at radius 2 is 1.96 bits per heavy atom. The molecule has 0 radical (unpaired) electrons. The molecule has 0 saturated heterocycles. The third-order valence-corrected chi connectivity index (χ3v) is 4.60. The van der Waals surface area contributed by atoms with E-state index in [1.807, 2.05) is 12.1 Å². The van der Waals surface area contributed by atoms with E-state index in [1.165, 1.54) is 6.07 Å². The highest BCUT2D eigenvalue weighted by Crippen LogP contribution is 2.30. The maximum atomic E-state index is 13.7. The molecule has 0 unspecified atom stereocenters. The summed E-state index contributed by atoms with van der Waals surface area (Å²) in [7, 11) is 0. The number of hydrogen-bond donors (Lipinski definition) is 2. The summed E-state index contributed by atoms with van der Waals surface area (Å²) in [6, 6.07) is 10.4. The van der Waals surface area contributed by atoms with E-state index in [9.17, 15) is 4.39 Å². The molecule has 0 bridgehead atoms. The summed E-state index contributed by atoms with van der Waals surface area (Å²) >= 11 is 12.1. The fourth-order valence-corrected chi connectivity index (χ4v) is 2.70. The zero-order valence-corrected chi connectivity index (χ0v) is 14.3. The Hall–Kier alpha value is -1.78. The van der Waals surface area contributed by atoms with Crippen LogP contribution in [0.15, 0.2) is 36.4 Å². The van der Waals surface area contributed by atoms with Gasteiger partial charge in [0.15, 0.2) is 5.82 Å². The molecule has 1 aromatic heterocycles. The van der Waals surface area contributed by atoms with Crippen LogP contribution in [0.4, 0.5) is 10.3 Å². The van der Waals surface area contributed by atoms with Crippen molar-refractivity contribution in [2.45, 2.75) is 19.3 Å². The smallest absolute Gasteiger partial charge is 0.201 e. The number of aromatic amines is 1. The van der Waals surface area contributed by atoms with Gasteiger partial charge in [0.25, 0.3) is 0 Å². The number of para-hydroxylation sites is 1. The first kappa shape index (κ1) is 16.1. The quantitative estimate of drug-likeness (QED) is 0.660. The molecule has 0 saturated carbocycles. The summed E-state index contributed by atoms with van der Waals surface area (Å²) in [4.78, 5) is 7.32. The molecule has 3 aromatic rings. The summed E-state index contributed by atoms with van der Waals surface area (Å²) < 4.78 is 13.7. The highest BCUT2D eigenvalue weighted by molar-refractivity contribution is 6.42. The van der Waals surface area contributed by atoms with Gasteiger partial charge in [-0.2, -0.15) is 0 Å². The number of anilines is 1. The lowest BCUT2D eigenvalue weighted by Crippen LogP contribution is -2.28. The van der Waals surface area contributed by atoms with E-state index < -0.39 is 0 Å². The number of nitrogens with one attached hydrogen (secondary N) is 2. The van der Waals surface area contributed by atoms with Crippen LogP contribution in [0.3, 0.4) is 0 Å². The average Bonchev–Trinajstić information content (AvgIpc) is 2.93. The van der Waals surface area contributed by atoms with Crippen LogP contribution in [0, 0.1) is 5.82 Å². The third-order valence-electron chi connectivity index (χ3n) is 3.86. The summed E-state index contributed by atoms with van der Waals surface area (Å²) in [6.07, 6.45) is 0. The fourth-order valence-electron chi connectivity index (χ4n) is 2.40. The fraction of sp³-hybridized carbons (Fsp3) is 0.235. The number of imidazole rings is 1. The van der Waals surface area contributed by atoms with Gasteiger partial charge in [0.1, 0.15) is 5.52 Å². The van der Waals surface area contributed by atoms with Crippen LogP contribution in [0.1, 0.15) is 19.4 Å². The Morgan fingerprint density at radius 3 is 2.65 bits per heavy atom. The normalized spacial score (nSPS) is 11.9. The van der Waals surface area contributed by atoms with E-state index in [2.05, 4.69) is 29.1 Å². The molecular weight excluding hydrogens is 336 g/mol. The summed E-state index contributed by atoms with van der Waals surface area (Å²) in [5, 5.41) is 4.29. The van der Waals surface area contributed by atoms with E-state index in [-0.39, 0.29) is 11.2 Å². The minimum Gasteiger partial charge on any atom is -0.355 e. The van der Waals surface area contributed by atoms with Gasteiger partial charge in [-0.1, -0.05) is 49.2 Å². The van der Waals surface area contributed by atoms with Crippen LogP contribution in [0.2, 0.25) is 10.0 Å². The minimum atomic E-state index is -0.337. The number of halogens is 3. The van der Waals surface area contributed by atoms with Gasteiger partial charge >= 0.3 is 0 Å². The Bertz CT molecular complexity index is 858. The van der Waals surface area contributed by atoms with Crippen molar-refractivity contribution in [1.82, 2.24) is 9.97 Å². The Labute approximate surface area is 143 Å². The molecule has 120 valence electrons. The molecule has 0 aliphatic carbocycles. The van der Waals surface area contributed by atoms with Crippen LogP contribution in [-0.2, 0) is 5.41 Å². The van der Waals surface area contributed by atoms with Crippen molar-refractivity contribution < 1.29 is 4.39 Å². The number of H-pyrrole nitrogens is 1. The zero-order valence-electron chi connectivity index (χ0n) is 12.8. The first-order valence-electron chi connectivity index (χ1n) is 7.20. The zero-order chi connectivity index (χ0) is 16.6. The Balaban J connectivity index is 1.79. The highest BCUT2D eigenvalue weighted by Gasteiger charge is 2.22. The van der Waals surface area contributed by atoms with Crippen molar-refractivity contribution in [3.63, 3.8) is 0 Å². The Morgan fingerprint density at radius 1 is 1.17 bits per heavy atom. The van der Waals surface area contributed by atoms with Crippen LogP contribution in [0.25, 0.3) is 11.0 Å². The number of aromatic nitrogens is 2. The molecule has 3 rings (SSSR count). The second-order valence-corrected chi connectivity index (χ2v) is 6.90. The maximum absolute atomic E-state index is 13.7. The predicted octanol–water partition coefficient (Wildman–Crippen LogP) is 5.40. The first-order valence-corrected chi connectivity index (χ1v) is 7.96. The van der Waals surface area contributed by atoms with Gasteiger partial charge in [-0.05, 0) is 29.8 Å². The van der Waals surface area contributed by atoms with E-state index in [4.69, 9.17) is 23.2 Å². The van der Waals surface area contributed by atoms with E-state index >= 15 is 0 Å². The van der Waals surface area contributed by atoms with Gasteiger partial charge < -0.3 is 10.3 Å². The molecule has 0 aliphatic heterocycles. The molecule has 0 atom stereocenters. The van der Waals surface area contributed by atoms with Crippen molar-refractivity contribution in [2.75, 3.05) is 11.9 Å². The van der Waals surface area contributed by atoms with Gasteiger partial charge in [-0.3, -0.25) is 0 Å². The van der Waals surface area contributed by atoms with E-state index in [0.717, 1.165) is 5.56 Å². The van der Waals surface area contributed by atoms with Gasteiger partial charge in [0.05, 0.1) is 15.6 Å². The van der Waals surface area contributed by atoms with Gasteiger partial charge in [-0.15, -0.1) is 0 Å². The molecule has 0 spiro atoms. The van der Waals surface area contributed by atoms with Crippen LogP contribution >= 0.6 is 23.2 Å². The first-order chi connectivity index (χ1) is 10.9. The SMILES string of the molecule is CC(C)(CNc1nc2c(F)cccc2[nH]1)c1ccc(Cl)c(Cl)c1. The van der Waals surface area contributed by atoms with Crippen LogP contribution in [0.5, 0.6) is 0 Å². The lowest BCUT2D eigenvalue weighted by atomic mass is 9.84. The van der Waals surface area contributed by atoms with E-state index in [0.29, 0.717) is 33.6 Å². The molecule has 0 amide bonds. The van der Waals surface area contributed by atoms with Crippen molar-refractivity contribution >= 4 is 40.2 Å². The second kappa shape index (κ2) is 6.02. The topological polar surface area (TPSA) is 40.7 Å². The number of hydrogen-bond acceptors (Lipinski definition) is 2.